The van der Waals surface area contributed by atoms with E-state index in [4.69, 9.17) is 11.6 Å². The predicted octanol–water partition coefficient (Wildman–Crippen LogP) is 6.68. The third-order valence-corrected chi connectivity index (χ3v) is 3.76. The number of rotatable bonds is 4. The van der Waals surface area contributed by atoms with Crippen LogP contribution in [0.5, 0.6) is 0 Å². The van der Waals surface area contributed by atoms with Gasteiger partial charge in [0, 0.05) is 5.02 Å². The van der Waals surface area contributed by atoms with E-state index in [1.807, 2.05) is 42.5 Å². The molecule has 0 atom stereocenters. The normalized spacial score (nSPS) is 11.3. The SMILES string of the molecule is Clc1cccc(C=Cc2ccc(C=Cc3ccccc3)cc2)c1. The summed E-state index contributed by atoms with van der Waals surface area (Å²) in [6, 6.07) is 26.6. The summed E-state index contributed by atoms with van der Waals surface area (Å²) in [6.07, 6.45) is 8.41. The van der Waals surface area contributed by atoms with Crippen molar-refractivity contribution < 1.29 is 0 Å². The highest BCUT2D eigenvalue weighted by Crippen LogP contribution is 2.15. The molecule has 0 aliphatic heterocycles. The lowest BCUT2D eigenvalue weighted by Crippen LogP contribution is -1.76. The molecular weight excluding hydrogens is 300 g/mol. The van der Waals surface area contributed by atoms with Crippen molar-refractivity contribution in [1.82, 2.24) is 0 Å². The quantitative estimate of drug-likeness (QED) is 0.471. The topological polar surface area (TPSA) is 0 Å². The van der Waals surface area contributed by atoms with Gasteiger partial charge in [-0.15, -0.1) is 0 Å². The number of halogens is 1. The third-order valence-electron chi connectivity index (χ3n) is 3.52. The molecule has 0 unspecified atom stereocenters. The Kier molecular flexibility index (Phi) is 5.08. The molecule has 0 nitrogen and oxygen atoms in total. The van der Waals surface area contributed by atoms with Crippen LogP contribution < -0.4 is 0 Å². The highest BCUT2D eigenvalue weighted by Gasteiger charge is 1.91. The maximum absolute atomic E-state index is 5.99. The first-order valence-electron chi connectivity index (χ1n) is 7.56. The van der Waals surface area contributed by atoms with Crippen LogP contribution >= 0.6 is 11.6 Å². The van der Waals surface area contributed by atoms with Gasteiger partial charge in [-0.05, 0) is 34.4 Å². The summed E-state index contributed by atoms with van der Waals surface area (Å²) in [6.45, 7) is 0. The van der Waals surface area contributed by atoms with E-state index in [2.05, 4.69) is 60.7 Å². The Labute approximate surface area is 142 Å². The zero-order valence-corrected chi connectivity index (χ0v) is 13.4. The lowest BCUT2D eigenvalue weighted by atomic mass is 10.1. The Morgan fingerprint density at radius 3 is 1.52 bits per heavy atom. The van der Waals surface area contributed by atoms with Crippen LogP contribution in [0.15, 0.2) is 78.9 Å². The molecule has 0 aromatic heterocycles. The molecule has 0 saturated heterocycles. The fourth-order valence-corrected chi connectivity index (χ4v) is 2.48. The lowest BCUT2D eigenvalue weighted by molar-refractivity contribution is 1.61. The molecule has 0 radical (unpaired) electrons. The van der Waals surface area contributed by atoms with Gasteiger partial charge in [-0.3, -0.25) is 0 Å². The van der Waals surface area contributed by atoms with Gasteiger partial charge in [-0.2, -0.15) is 0 Å². The summed E-state index contributed by atoms with van der Waals surface area (Å²) in [5.41, 5.74) is 4.67. The van der Waals surface area contributed by atoms with Crippen molar-refractivity contribution >= 4 is 35.9 Å². The highest BCUT2D eigenvalue weighted by atomic mass is 35.5. The van der Waals surface area contributed by atoms with Gasteiger partial charge < -0.3 is 0 Å². The first kappa shape index (κ1) is 15.3. The van der Waals surface area contributed by atoms with Gasteiger partial charge >= 0.3 is 0 Å². The molecule has 0 aliphatic rings. The molecule has 23 heavy (non-hydrogen) atoms. The smallest absolute Gasteiger partial charge is 0.0411 e. The Morgan fingerprint density at radius 2 is 0.957 bits per heavy atom. The number of hydrogen-bond acceptors (Lipinski definition) is 0. The third kappa shape index (κ3) is 4.70. The number of hydrogen-bond donors (Lipinski definition) is 0. The molecule has 1 heteroatoms. The van der Waals surface area contributed by atoms with Gasteiger partial charge in [0.2, 0.25) is 0 Å². The first-order valence-corrected chi connectivity index (χ1v) is 7.94. The first-order chi connectivity index (χ1) is 11.3. The van der Waals surface area contributed by atoms with E-state index >= 15 is 0 Å². The van der Waals surface area contributed by atoms with E-state index in [0.29, 0.717) is 0 Å². The molecule has 112 valence electrons. The Morgan fingerprint density at radius 1 is 0.478 bits per heavy atom. The van der Waals surface area contributed by atoms with Crippen LogP contribution in [0.1, 0.15) is 22.3 Å². The van der Waals surface area contributed by atoms with Crippen molar-refractivity contribution in [2.24, 2.45) is 0 Å². The van der Waals surface area contributed by atoms with E-state index < -0.39 is 0 Å². The fraction of sp³-hybridized carbons (Fsp3) is 0. The van der Waals surface area contributed by atoms with Gasteiger partial charge in [0.15, 0.2) is 0 Å². The maximum Gasteiger partial charge on any atom is 0.0411 e. The molecule has 0 saturated carbocycles. The summed E-state index contributed by atoms with van der Waals surface area (Å²) < 4.78 is 0. The standard InChI is InChI=1S/C22H17Cl/c23-22-8-4-7-21(17-22)16-15-20-13-11-19(12-14-20)10-9-18-5-2-1-3-6-18/h1-17H. The highest BCUT2D eigenvalue weighted by molar-refractivity contribution is 6.30. The van der Waals surface area contributed by atoms with E-state index in [0.717, 1.165) is 10.6 Å². The Balaban J connectivity index is 1.68. The zero-order chi connectivity index (χ0) is 15.9. The van der Waals surface area contributed by atoms with E-state index in [-0.39, 0.29) is 0 Å². The van der Waals surface area contributed by atoms with Crippen molar-refractivity contribution in [2.75, 3.05) is 0 Å². The largest absolute Gasteiger partial charge is 0.0843 e. The van der Waals surface area contributed by atoms with Gasteiger partial charge in [0.1, 0.15) is 0 Å². The van der Waals surface area contributed by atoms with Crippen molar-refractivity contribution in [1.29, 1.82) is 0 Å². The van der Waals surface area contributed by atoms with Crippen LogP contribution in [0.3, 0.4) is 0 Å². The van der Waals surface area contributed by atoms with E-state index in [1.165, 1.54) is 16.7 Å². The Hall–Kier alpha value is -2.57. The van der Waals surface area contributed by atoms with Crippen LogP contribution in [-0.4, -0.2) is 0 Å². The minimum Gasteiger partial charge on any atom is -0.0843 e. The van der Waals surface area contributed by atoms with Crippen molar-refractivity contribution in [2.45, 2.75) is 0 Å². The average molecular weight is 317 g/mol. The monoisotopic (exact) mass is 316 g/mol. The summed E-state index contributed by atoms with van der Waals surface area (Å²) in [4.78, 5) is 0. The van der Waals surface area contributed by atoms with Crippen LogP contribution in [0.2, 0.25) is 5.02 Å². The molecule has 3 aromatic rings. The minimum atomic E-state index is 0.758. The maximum atomic E-state index is 5.99. The molecule has 0 N–H and O–H groups in total. The zero-order valence-electron chi connectivity index (χ0n) is 12.7. The molecule has 0 amide bonds. The van der Waals surface area contributed by atoms with Gasteiger partial charge in [-0.1, -0.05) is 103 Å². The minimum absolute atomic E-state index is 0.758. The average Bonchev–Trinajstić information content (AvgIpc) is 2.60. The van der Waals surface area contributed by atoms with Crippen LogP contribution in [0, 0.1) is 0 Å². The fourth-order valence-electron chi connectivity index (χ4n) is 2.28. The summed E-state index contributed by atoms with van der Waals surface area (Å²) >= 11 is 5.99. The molecule has 3 aromatic carbocycles. The van der Waals surface area contributed by atoms with Gasteiger partial charge in [-0.25, -0.2) is 0 Å². The second kappa shape index (κ2) is 7.62. The van der Waals surface area contributed by atoms with Gasteiger partial charge in [0.05, 0.1) is 0 Å². The Bertz CT molecular complexity index is 812. The molecule has 0 heterocycles. The molecule has 0 fully saturated rings. The molecule has 3 rings (SSSR count). The number of benzene rings is 3. The molecule has 0 spiro atoms. The second-order valence-corrected chi connectivity index (χ2v) is 5.74. The van der Waals surface area contributed by atoms with E-state index in [9.17, 15) is 0 Å². The summed E-state index contributed by atoms with van der Waals surface area (Å²) in [7, 11) is 0. The van der Waals surface area contributed by atoms with Crippen molar-refractivity contribution in [3.8, 4) is 0 Å². The summed E-state index contributed by atoms with van der Waals surface area (Å²) in [5, 5.41) is 0.758. The van der Waals surface area contributed by atoms with Crippen LogP contribution in [0.4, 0.5) is 0 Å². The predicted molar refractivity (Wildman–Crippen MR) is 102 cm³/mol. The van der Waals surface area contributed by atoms with E-state index in [1.54, 1.807) is 0 Å². The van der Waals surface area contributed by atoms with Crippen molar-refractivity contribution in [3.63, 3.8) is 0 Å². The molecule has 0 aliphatic carbocycles. The van der Waals surface area contributed by atoms with Crippen molar-refractivity contribution in [3.05, 3.63) is 106 Å². The lowest BCUT2D eigenvalue weighted by Gasteiger charge is -1.98. The summed E-state index contributed by atoms with van der Waals surface area (Å²) in [5.74, 6) is 0. The van der Waals surface area contributed by atoms with Gasteiger partial charge in [0.25, 0.3) is 0 Å². The molecular formula is C22H17Cl. The second-order valence-electron chi connectivity index (χ2n) is 5.30. The molecule has 0 bridgehead atoms. The van der Waals surface area contributed by atoms with Crippen LogP contribution in [-0.2, 0) is 0 Å². The van der Waals surface area contributed by atoms with Crippen LogP contribution in [0.25, 0.3) is 24.3 Å².